The first-order valence-electron chi connectivity index (χ1n) is 34.1. The molecule has 20 rings (SSSR count). The largest absolute Gasteiger partial charge is 0.255 e. The van der Waals surface area contributed by atoms with Crippen LogP contribution >= 0.6 is 0 Å². The lowest BCUT2D eigenvalue weighted by Gasteiger charge is -2.14. The van der Waals surface area contributed by atoms with Gasteiger partial charge in [-0.15, -0.1) is 0 Å². The third kappa shape index (κ3) is 11.0. The first-order chi connectivity index (χ1) is 50.5. The molecule has 20 aromatic rings. The SMILES string of the molecule is c1ccc(-c2cc(-c3ccc(-c4ccc5ccc6c(-c7ccc8ccccc8c7)c7ccccc7nc6c5n4)cc3)cc(-c3ccccn3)n2)nc1.c1ccc(-c2ccc3ccc(-c4ccc(-c5ccc6ccc7c(-c8ccc9ccccc9c8)c8ccccc8nc7c6n5)cc4)cc3n2)nc1. The zero-order chi connectivity index (χ0) is 67.5. The van der Waals surface area contributed by atoms with Gasteiger partial charge >= 0.3 is 0 Å². The van der Waals surface area contributed by atoms with Crippen LogP contribution in [0.15, 0.2) is 346 Å². The average molecular weight is 1300 g/mol. The van der Waals surface area contributed by atoms with Crippen LogP contribution in [0, 0.1) is 0 Å². The van der Waals surface area contributed by atoms with E-state index in [2.05, 4.69) is 282 Å². The van der Waals surface area contributed by atoms with Crippen molar-refractivity contribution >= 4 is 97.9 Å². The van der Waals surface area contributed by atoms with Crippen LogP contribution in [-0.2, 0) is 0 Å². The second-order valence-corrected chi connectivity index (χ2v) is 25.6. The molecule has 102 heavy (non-hydrogen) atoms. The number of hydrogen-bond acceptors (Lipinski definition) is 9. The second-order valence-electron chi connectivity index (χ2n) is 25.6. The number of fused-ring (bicyclic) bond motifs is 11. The van der Waals surface area contributed by atoms with Crippen molar-refractivity contribution in [2.45, 2.75) is 0 Å². The van der Waals surface area contributed by atoms with E-state index in [1.807, 2.05) is 60.7 Å². The van der Waals surface area contributed by atoms with Crippen LogP contribution in [0.2, 0.25) is 0 Å². The molecule has 0 unspecified atom stereocenters. The van der Waals surface area contributed by atoms with Crippen LogP contribution in [0.1, 0.15) is 0 Å². The molecule has 0 aliphatic carbocycles. The number of benzene rings is 11. The highest BCUT2D eigenvalue weighted by molar-refractivity contribution is 6.18. The Hall–Kier alpha value is -13.9. The predicted molar refractivity (Wildman–Crippen MR) is 420 cm³/mol. The fraction of sp³-hybridized carbons (Fsp3) is 0. The van der Waals surface area contributed by atoms with Gasteiger partial charge in [0.05, 0.1) is 84.2 Å². The number of rotatable bonds is 9. The summed E-state index contributed by atoms with van der Waals surface area (Å²) in [6.07, 6.45) is 5.38. The average Bonchev–Trinajstić information content (AvgIpc) is 0.742. The molecule has 11 aromatic carbocycles. The molecule has 9 aromatic heterocycles. The van der Waals surface area contributed by atoms with Gasteiger partial charge in [-0.1, -0.05) is 231 Å². The first kappa shape index (κ1) is 59.4. The fourth-order valence-corrected chi connectivity index (χ4v) is 14.3. The first-order valence-corrected chi connectivity index (χ1v) is 34.1. The molecular formula is C93H57N9. The topological polar surface area (TPSA) is 116 Å². The van der Waals surface area contributed by atoms with Gasteiger partial charge < -0.3 is 0 Å². The molecule has 9 heteroatoms. The predicted octanol–water partition coefficient (Wildman–Crippen LogP) is 23.3. The lowest BCUT2D eigenvalue weighted by atomic mass is 9.93. The van der Waals surface area contributed by atoms with Gasteiger partial charge in [-0.25, -0.2) is 29.9 Å². The molecule has 0 radical (unpaired) electrons. The highest BCUT2D eigenvalue weighted by Crippen LogP contribution is 2.42. The third-order valence-electron chi connectivity index (χ3n) is 19.4. The Morgan fingerprint density at radius 3 is 1.04 bits per heavy atom. The third-order valence-corrected chi connectivity index (χ3v) is 19.4. The summed E-state index contributed by atoms with van der Waals surface area (Å²) in [6, 6.07) is 114. The fourth-order valence-electron chi connectivity index (χ4n) is 14.3. The zero-order valence-electron chi connectivity index (χ0n) is 54.9. The van der Waals surface area contributed by atoms with Gasteiger partial charge in [-0.2, -0.15) is 0 Å². The van der Waals surface area contributed by atoms with Crippen LogP contribution in [-0.4, -0.2) is 44.9 Å². The van der Waals surface area contributed by atoms with Crippen molar-refractivity contribution < 1.29 is 0 Å². The van der Waals surface area contributed by atoms with Crippen LogP contribution < -0.4 is 0 Å². The molecule has 0 amide bonds. The van der Waals surface area contributed by atoms with Gasteiger partial charge in [-0.3, -0.25) is 15.0 Å². The highest BCUT2D eigenvalue weighted by atomic mass is 14.8. The Morgan fingerprint density at radius 2 is 0.539 bits per heavy atom. The maximum absolute atomic E-state index is 5.29. The van der Waals surface area contributed by atoms with Crippen molar-refractivity contribution in [1.29, 1.82) is 0 Å². The maximum atomic E-state index is 5.29. The summed E-state index contributed by atoms with van der Waals surface area (Å²) in [5.41, 5.74) is 24.4. The van der Waals surface area contributed by atoms with Crippen molar-refractivity contribution in [2.24, 2.45) is 0 Å². The molecule has 0 spiro atoms. The van der Waals surface area contributed by atoms with Gasteiger partial charge in [0, 0.05) is 78.5 Å². The van der Waals surface area contributed by atoms with E-state index in [9.17, 15) is 0 Å². The van der Waals surface area contributed by atoms with Gasteiger partial charge in [0.25, 0.3) is 0 Å². The Kier molecular flexibility index (Phi) is 14.7. The van der Waals surface area contributed by atoms with E-state index in [0.29, 0.717) is 0 Å². The van der Waals surface area contributed by atoms with Crippen LogP contribution in [0.3, 0.4) is 0 Å². The molecule has 0 saturated carbocycles. The molecule has 9 heterocycles. The van der Waals surface area contributed by atoms with E-state index in [0.717, 1.165) is 155 Å². The molecule has 0 aliphatic heterocycles. The standard InChI is InChI=1S/C47H29N5.C46H28N4/c1-2-10-34-27-35(20-17-30(34)9-1)45-37-11-3-4-12-40(37)52-47-38(45)23-21-33-22-24-39(51-46(33)47)32-18-15-31(16-19-32)36-28-43(41-13-5-7-25-48-41)50-44(29-36)42-14-6-8-26-49-42;1-2-8-34-27-36(19-14-29(34)7-1)44-37-9-3-4-10-40(37)50-46-38(44)23-20-33-22-24-39(49-45(33)46)31-15-12-30(13-16-31)35-18-17-32-21-25-42(48-43(32)28-35)41-11-5-6-26-47-41/h1-29H;1-28H. The molecule has 0 fully saturated rings. The second kappa shape index (κ2) is 25.2. The van der Waals surface area contributed by atoms with Crippen molar-refractivity contribution in [3.05, 3.63) is 346 Å². The smallest absolute Gasteiger partial charge is 0.0978 e. The summed E-state index contributed by atoms with van der Waals surface area (Å²) in [5, 5.41) is 12.6. The summed E-state index contributed by atoms with van der Waals surface area (Å²) in [4.78, 5) is 44.5. The van der Waals surface area contributed by atoms with Crippen molar-refractivity contribution in [3.63, 3.8) is 0 Å². The van der Waals surface area contributed by atoms with E-state index >= 15 is 0 Å². The van der Waals surface area contributed by atoms with E-state index in [4.69, 9.17) is 29.9 Å². The Bertz CT molecular complexity index is 6610. The van der Waals surface area contributed by atoms with E-state index in [-0.39, 0.29) is 0 Å². The monoisotopic (exact) mass is 1300 g/mol. The van der Waals surface area contributed by atoms with Crippen LogP contribution in [0.5, 0.6) is 0 Å². The van der Waals surface area contributed by atoms with Crippen LogP contribution in [0.25, 0.3) is 199 Å². The summed E-state index contributed by atoms with van der Waals surface area (Å²) in [6.45, 7) is 0. The van der Waals surface area contributed by atoms with E-state index in [1.54, 1.807) is 18.6 Å². The Morgan fingerprint density at radius 1 is 0.157 bits per heavy atom. The number of pyridine rings is 9. The molecular weight excluding hydrogens is 1240 g/mol. The number of nitrogens with zero attached hydrogens (tertiary/aromatic N) is 9. The number of aromatic nitrogens is 9. The summed E-state index contributed by atoms with van der Waals surface area (Å²) < 4.78 is 0. The normalized spacial score (nSPS) is 11.5. The summed E-state index contributed by atoms with van der Waals surface area (Å²) in [5.74, 6) is 0. The summed E-state index contributed by atoms with van der Waals surface area (Å²) >= 11 is 0. The van der Waals surface area contributed by atoms with Gasteiger partial charge in [0.1, 0.15) is 0 Å². The van der Waals surface area contributed by atoms with Gasteiger partial charge in [-0.05, 0) is 152 Å². The molecule has 9 nitrogen and oxygen atoms in total. The number of hydrogen-bond donors (Lipinski definition) is 0. The molecule has 0 bridgehead atoms. The van der Waals surface area contributed by atoms with Crippen LogP contribution in [0.4, 0.5) is 0 Å². The molecule has 0 aliphatic rings. The molecule has 474 valence electrons. The van der Waals surface area contributed by atoms with Crippen molar-refractivity contribution in [1.82, 2.24) is 44.9 Å². The Balaban J connectivity index is 0.000000141. The lowest BCUT2D eigenvalue weighted by Crippen LogP contribution is -1.94. The quantitative estimate of drug-likeness (QED) is 0.103. The minimum atomic E-state index is 0.800. The summed E-state index contributed by atoms with van der Waals surface area (Å²) in [7, 11) is 0. The molecule has 0 atom stereocenters. The van der Waals surface area contributed by atoms with Gasteiger partial charge in [0.2, 0.25) is 0 Å². The highest BCUT2D eigenvalue weighted by Gasteiger charge is 2.19. The van der Waals surface area contributed by atoms with Gasteiger partial charge in [0.15, 0.2) is 0 Å². The van der Waals surface area contributed by atoms with Crippen molar-refractivity contribution in [3.8, 4) is 101 Å². The zero-order valence-corrected chi connectivity index (χ0v) is 54.9. The Labute approximate surface area is 586 Å². The number of para-hydroxylation sites is 2. The van der Waals surface area contributed by atoms with E-state index < -0.39 is 0 Å². The van der Waals surface area contributed by atoms with Crippen molar-refractivity contribution in [2.75, 3.05) is 0 Å². The maximum Gasteiger partial charge on any atom is 0.0978 e. The minimum Gasteiger partial charge on any atom is -0.255 e. The van der Waals surface area contributed by atoms with E-state index in [1.165, 1.54) is 43.8 Å². The lowest BCUT2D eigenvalue weighted by molar-refractivity contribution is 1.22. The minimum absolute atomic E-state index is 0.800. The molecule has 0 N–H and O–H groups in total. The molecule has 0 saturated heterocycles.